The SMILES string of the molecule is COc1ccc(=O)c2c(c1)c1ccccc1n2C1CCC1. The summed E-state index contributed by atoms with van der Waals surface area (Å²) in [7, 11) is 1.64. The zero-order valence-corrected chi connectivity index (χ0v) is 12.0. The zero-order valence-electron chi connectivity index (χ0n) is 12.0. The Morgan fingerprint density at radius 3 is 2.62 bits per heavy atom. The lowest BCUT2D eigenvalue weighted by Gasteiger charge is -2.28. The van der Waals surface area contributed by atoms with Crippen molar-refractivity contribution in [3.05, 3.63) is 52.7 Å². The van der Waals surface area contributed by atoms with Crippen LogP contribution < -0.4 is 10.2 Å². The van der Waals surface area contributed by atoms with Crippen LogP contribution in [0.4, 0.5) is 0 Å². The molecule has 1 heterocycles. The first-order valence-electron chi connectivity index (χ1n) is 7.40. The summed E-state index contributed by atoms with van der Waals surface area (Å²) in [6, 6.07) is 14.1. The molecule has 0 aliphatic heterocycles. The van der Waals surface area contributed by atoms with Gasteiger partial charge >= 0.3 is 0 Å². The third-order valence-corrected chi connectivity index (χ3v) is 4.54. The number of methoxy groups -OCH3 is 1. The van der Waals surface area contributed by atoms with Gasteiger partial charge < -0.3 is 9.30 Å². The number of hydrogen-bond donors (Lipinski definition) is 0. The monoisotopic (exact) mass is 279 g/mol. The largest absolute Gasteiger partial charge is 0.497 e. The molecule has 1 aliphatic rings. The Morgan fingerprint density at radius 1 is 1.10 bits per heavy atom. The minimum atomic E-state index is 0.0661. The van der Waals surface area contributed by atoms with Crippen LogP contribution in [0, 0.1) is 0 Å². The van der Waals surface area contributed by atoms with Gasteiger partial charge in [-0.25, -0.2) is 0 Å². The van der Waals surface area contributed by atoms with Crippen LogP contribution in [-0.2, 0) is 0 Å². The van der Waals surface area contributed by atoms with Crippen LogP contribution in [0.2, 0.25) is 0 Å². The van der Waals surface area contributed by atoms with Crippen molar-refractivity contribution in [1.82, 2.24) is 4.57 Å². The molecular formula is C18H17NO2. The van der Waals surface area contributed by atoms with E-state index in [4.69, 9.17) is 4.74 Å². The van der Waals surface area contributed by atoms with Crippen LogP contribution in [-0.4, -0.2) is 11.7 Å². The molecule has 1 aliphatic carbocycles. The molecule has 1 aromatic heterocycles. The molecule has 3 heteroatoms. The molecule has 4 rings (SSSR count). The highest BCUT2D eigenvalue weighted by molar-refractivity contribution is 6.08. The molecule has 2 aromatic carbocycles. The summed E-state index contributed by atoms with van der Waals surface area (Å²) in [4.78, 5) is 12.6. The number of ether oxygens (including phenoxy) is 1. The molecule has 106 valence electrons. The Labute approximate surface area is 122 Å². The lowest BCUT2D eigenvalue weighted by atomic mass is 9.92. The first-order chi connectivity index (χ1) is 10.3. The van der Waals surface area contributed by atoms with Crippen LogP contribution in [0.3, 0.4) is 0 Å². The van der Waals surface area contributed by atoms with Crippen LogP contribution in [0.1, 0.15) is 25.3 Å². The van der Waals surface area contributed by atoms with E-state index in [2.05, 4.69) is 16.7 Å². The number of nitrogens with zero attached hydrogens (tertiary/aromatic N) is 1. The Kier molecular flexibility index (Phi) is 2.74. The van der Waals surface area contributed by atoms with Gasteiger partial charge in [0.2, 0.25) is 5.43 Å². The van der Waals surface area contributed by atoms with E-state index in [1.165, 1.54) is 6.42 Å². The van der Waals surface area contributed by atoms with Crippen molar-refractivity contribution in [3.63, 3.8) is 0 Å². The molecule has 3 nitrogen and oxygen atoms in total. The average molecular weight is 279 g/mol. The molecule has 0 bridgehead atoms. The van der Waals surface area contributed by atoms with Crippen LogP contribution in [0.5, 0.6) is 5.75 Å². The van der Waals surface area contributed by atoms with E-state index in [9.17, 15) is 4.79 Å². The second kappa shape index (κ2) is 4.62. The lowest BCUT2D eigenvalue weighted by Crippen LogP contribution is -2.19. The second-order valence-electron chi connectivity index (χ2n) is 5.68. The van der Waals surface area contributed by atoms with Crippen LogP contribution in [0.15, 0.2) is 47.3 Å². The predicted octanol–water partition coefficient (Wildman–Crippen LogP) is 3.89. The number of hydrogen-bond acceptors (Lipinski definition) is 2. The molecule has 3 aromatic rings. The fourth-order valence-corrected chi connectivity index (χ4v) is 3.27. The van der Waals surface area contributed by atoms with E-state index < -0.39 is 0 Å². The lowest BCUT2D eigenvalue weighted by molar-refractivity contribution is 0.328. The molecule has 0 unspecified atom stereocenters. The third-order valence-electron chi connectivity index (χ3n) is 4.54. The van der Waals surface area contributed by atoms with Crippen LogP contribution >= 0.6 is 0 Å². The molecule has 0 atom stereocenters. The zero-order chi connectivity index (χ0) is 14.4. The van der Waals surface area contributed by atoms with E-state index in [0.717, 1.165) is 40.4 Å². The predicted molar refractivity (Wildman–Crippen MR) is 85.2 cm³/mol. The highest BCUT2D eigenvalue weighted by Gasteiger charge is 2.24. The first kappa shape index (κ1) is 12.5. The van der Waals surface area contributed by atoms with Gasteiger partial charge in [0.05, 0.1) is 12.6 Å². The van der Waals surface area contributed by atoms with Gasteiger partial charge in [0.1, 0.15) is 5.75 Å². The highest BCUT2D eigenvalue weighted by Crippen LogP contribution is 2.39. The molecule has 0 radical (unpaired) electrons. The van der Waals surface area contributed by atoms with Gasteiger partial charge in [-0.3, -0.25) is 4.79 Å². The number of fused-ring (bicyclic) bond motifs is 3. The maximum Gasteiger partial charge on any atom is 0.202 e. The molecule has 0 spiro atoms. The van der Waals surface area contributed by atoms with Crippen molar-refractivity contribution in [1.29, 1.82) is 0 Å². The van der Waals surface area contributed by atoms with E-state index >= 15 is 0 Å². The summed E-state index contributed by atoms with van der Waals surface area (Å²) in [6.45, 7) is 0. The molecule has 1 fully saturated rings. The number of aromatic nitrogens is 1. The van der Waals surface area contributed by atoms with Crippen molar-refractivity contribution in [2.75, 3.05) is 7.11 Å². The van der Waals surface area contributed by atoms with Gasteiger partial charge in [-0.1, -0.05) is 18.2 Å². The molecule has 0 N–H and O–H groups in total. The molecular weight excluding hydrogens is 262 g/mol. The summed E-state index contributed by atoms with van der Waals surface area (Å²) in [5.74, 6) is 0.721. The number of rotatable bonds is 2. The van der Waals surface area contributed by atoms with Gasteiger partial charge in [0.25, 0.3) is 0 Å². The second-order valence-corrected chi connectivity index (χ2v) is 5.68. The van der Waals surface area contributed by atoms with Crippen molar-refractivity contribution in [3.8, 4) is 5.75 Å². The van der Waals surface area contributed by atoms with Crippen molar-refractivity contribution < 1.29 is 4.74 Å². The average Bonchev–Trinajstić information content (AvgIpc) is 2.65. The van der Waals surface area contributed by atoms with E-state index in [1.807, 2.05) is 18.2 Å². The summed E-state index contributed by atoms with van der Waals surface area (Å²) in [6.07, 6.45) is 3.56. The summed E-state index contributed by atoms with van der Waals surface area (Å²) in [5, 5.41) is 2.12. The van der Waals surface area contributed by atoms with E-state index in [1.54, 1.807) is 19.2 Å². The van der Waals surface area contributed by atoms with Gasteiger partial charge in [0.15, 0.2) is 0 Å². The van der Waals surface area contributed by atoms with Gasteiger partial charge in [-0.15, -0.1) is 0 Å². The Morgan fingerprint density at radius 2 is 1.90 bits per heavy atom. The Hall–Kier alpha value is -2.29. The van der Waals surface area contributed by atoms with E-state index in [-0.39, 0.29) is 5.43 Å². The number of benzene rings is 1. The normalized spacial score (nSPS) is 15.3. The molecule has 0 saturated heterocycles. The highest BCUT2D eigenvalue weighted by atomic mass is 16.5. The standard InChI is InChI=1S/C18H17NO2/c1-21-13-9-10-17(20)18-15(11-13)14-7-2-3-8-16(14)19(18)12-5-4-6-12/h2-3,7-12H,4-6H2,1H3. The van der Waals surface area contributed by atoms with Crippen molar-refractivity contribution >= 4 is 21.8 Å². The van der Waals surface area contributed by atoms with Crippen LogP contribution in [0.25, 0.3) is 21.8 Å². The fraction of sp³-hybridized carbons (Fsp3) is 0.278. The molecule has 21 heavy (non-hydrogen) atoms. The summed E-state index contributed by atoms with van der Waals surface area (Å²) in [5.41, 5.74) is 2.03. The quantitative estimate of drug-likeness (QED) is 0.712. The topological polar surface area (TPSA) is 31.2 Å². The summed E-state index contributed by atoms with van der Waals surface area (Å²) >= 11 is 0. The van der Waals surface area contributed by atoms with Crippen molar-refractivity contribution in [2.45, 2.75) is 25.3 Å². The van der Waals surface area contributed by atoms with Gasteiger partial charge in [-0.2, -0.15) is 0 Å². The minimum Gasteiger partial charge on any atom is -0.497 e. The maximum atomic E-state index is 12.6. The van der Waals surface area contributed by atoms with Gasteiger partial charge in [0, 0.05) is 22.3 Å². The summed E-state index contributed by atoms with van der Waals surface area (Å²) < 4.78 is 7.59. The molecule has 1 saturated carbocycles. The first-order valence-corrected chi connectivity index (χ1v) is 7.40. The van der Waals surface area contributed by atoms with Gasteiger partial charge in [-0.05, 0) is 43.5 Å². The van der Waals surface area contributed by atoms with E-state index in [0.29, 0.717) is 6.04 Å². The number of para-hydroxylation sites is 1. The smallest absolute Gasteiger partial charge is 0.202 e. The minimum absolute atomic E-state index is 0.0661. The molecule has 0 amide bonds. The maximum absolute atomic E-state index is 12.6. The third kappa shape index (κ3) is 1.77. The van der Waals surface area contributed by atoms with Crippen molar-refractivity contribution in [2.24, 2.45) is 0 Å². The Bertz CT molecular complexity index is 891. The Balaban J connectivity index is 2.23. The fourth-order valence-electron chi connectivity index (χ4n) is 3.27.